The van der Waals surface area contributed by atoms with Gasteiger partial charge in [-0.2, -0.15) is 0 Å². The first kappa shape index (κ1) is 20.0. The Hall–Kier alpha value is -2.73. The molecule has 0 fully saturated rings. The van der Waals surface area contributed by atoms with Gasteiger partial charge in [-0.15, -0.1) is 0 Å². The van der Waals surface area contributed by atoms with E-state index in [2.05, 4.69) is 31.0 Å². The van der Waals surface area contributed by atoms with Crippen LogP contribution in [-0.2, 0) is 6.42 Å². The van der Waals surface area contributed by atoms with Crippen LogP contribution in [0.5, 0.6) is 11.5 Å². The number of benzene rings is 1. The van der Waals surface area contributed by atoms with Crippen LogP contribution < -0.4 is 19.7 Å². The summed E-state index contributed by atoms with van der Waals surface area (Å²) in [4.78, 5) is 14.0. The highest BCUT2D eigenvalue weighted by molar-refractivity contribution is 5.91. The predicted octanol–water partition coefficient (Wildman–Crippen LogP) is 2.17. The lowest BCUT2D eigenvalue weighted by molar-refractivity contribution is -0.930. The molecule has 1 aromatic carbocycles. The van der Waals surface area contributed by atoms with E-state index in [-0.39, 0.29) is 18.0 Å². The van der Waals surface area contributed by atoms with Crippen LogP contribution in [0.3, 0.4) is 0 Å². The van der Waals surface area contributed by atoms with Crippen molar-refractivity contribution < 1.29 is 23.6 Å². The number of fused-ring (bicyclic) bond motifs is 1. The van der Waals surface area contributed by atoms with E-state index in [0.717, 1.165) is 31.7 Å². The smallest absolute Gasteiger partial charge is 0.287 e. The summed E-state index contributed by atoms with van der Waals surface area (Å²) in [6.07, 6.45) is 5.19. The molecule has 1 amide bonds. The Balaban J connectivity index is 1.99. The van der Waals surface area contributed by atoms with Crippen LogP contribution in [0.2, 0.25) is 0 Å². The molecule has 2 N–H and O–H groups in total. The second-order valence-corrected chi connectivity index (χ2v) is 7.00. The summed E-state index contributed by atoms with van der Waals surface area (Å²) < 4.78 is 16.3. The van der Waals surface area contributed by atoms with E-state index < -0.39 is 0 Å². The van der Waals surface area contributed by atoms with Crippen molar-refractivity contribution in [2.75, 3.05) is 27.3 Å². The number of carbonyl (C=O) groups is 1. The van der Waals surface area contributed by atoms with Crippen molar-refractivity contribution in [3.63, 3.8) is 0 Å². The number of quaternary nitrogens is 1. The van der Waals surface area contributed by atoms with Gasteiger partial charge < -0.3 is 24.1 Å². The van der Waals surface area contributed by atoms with Crippen LogP contribution in [0.4, 0.5) is 0 Å². The Bertz CT molecular complexity index is 816. The third-order valence-electron chi connectivity index (χ3n) is 5.45. The van der Waals surface area contributed by atoms with Crippen LogP contribution in [0.1, 0.15) is 41.1 Å². The van der Waals surface area contributed by atoms with Gasteiger partial charge in [0.1, 0.15) is 6.04 Å². The number of ether oxygens (including phenoxy) is 2. The molecule has 0 radical (unpaired) electrons. The van der Waals surface area contributed by atoms with Gasteiger partial charge in [0.2, 0.25) is 0 Å². The number of methoxy groups -OCH3 is 2. The third-order valence-corrected chi connectivity index (χ3v) is 5.45. The van der Waals surface area contributed by atoms with Crippen LogP contribution in [0.15, 0.2) is 47.6 Å². The molecular formula is C22H29N2O4+. The topological polar surface area (TPSA) is 65.1 Å². The zero-order chi connectivity index (χ0) is 20.1. The molecule has 3 atom stereocenters. The Morgan fingerprint density at radius 1 is 1.39 bits per heavy atom. The average Bonchev–Trinajstić information content (AvgIpc) is 3.26. The van der Waals surface area contributed by atoms with E-state index in [1.807, 2.05) is 6.08 Å². The summed E-state index contributed by atoms with van der Waals surface area (Å²) >= 11 is 0. The Morgan fingerprint density at radius 2 is 2.14 bits per heavy atom. The number of hydrogen-bond donors (Lipinski definition) is 2. The van der Waals surface area contributed by atoms with Crippen molar-refractivity contribution in [1.82, 2.24) is 5.32 Å². The summed E-state index contributed by atoms with van der Waals surface area (Å²) in [7, 11) is 3.30. The zero-order valence-corrected chi connectivity index (χ0v) is 16.8. The lowest BCUT2D eigenvalue weighted by Crippen LogP contribution is -3.14. The normalized spacial score (nSPS) is 19.4. The summed E-state index contributed by atoms with van der Waals surface area (Å²) in [6, 6.07) is 7.56. The van der Waals surface area contributed by atoms with Gasteiger partial charge in [-0.25, -0.2) is 0 Å². The standard InChI is InChI=1S/C22H28N2O4/c1-5-10-24-11-9-15-13-19(26-3)20(27-4)14-16(15)21(24)17(6-2)23-22(25)18-8-7-12-28-18/h5,7-8,12-14,17,21H,1,6,9-11H2,2-4H3,(H,23,25)/p+1/t17-,21+/m1/s1. The van der Waals surface area contributed by atoms with Gasteiger partial charge in [-0.3, -0.25) is 4.79 Å². The minimum absolute atomic E-state index is 0.0512. The molecular weight excluding hydrogens is 356 g/mol. The number of rotatable bonds is 8. The van der Waals surface area contributed by atoms with E-state index in [0.29, 0.717) is 11.5 Å². The van der Waals surface area contributed by atoms with Crippen molar-refractivity contribution >= 4 is 5.91 Å². The second-order valence-electron chi connectivity index (χ2n) is 7.00. The average molecular weight is 385 g/mol. The molecule has 28 heavy (non-hydrogen) atoms. The van der Waals surface area contributed by atoms with Crippen molar-refractivity contribution in [1.29, 1.82) is 0 Å². The van der Waals surface area contributed by atoms with Gasteiger partial charge in [0, 0.05) is 12.0 Å². The number of furan rings is 1. The number of carbonyl (C=O) groups excluding carboxylic acids is 1. The maximum Gasteiger partial charge on any atom is 0.287 e. The molecule has 6 nitrogen and oxygen atoms in total. The molecule has 1 aliphatic heterocycles. The summed E-state index contributed by atoms with van der Waals surface area (Å²) in [5.74, 6) is 1.58. The lowest BCUT2D eigenvalue weighted by Gasteiger charge is -2.38. The highest BCUT2D eigenvalue weighted by Gasteiger charge is 2.38. The van der Waals surface area contributed by atoms with Crippen molar-refractivity contribution in [2.24, 2.45) is 0 Å². The van der Waals surface area contributed by atoms with Gasteiger partial charge in [0.25, 0.3) is 5.91 Å². The summed E-state index contributed by atoms with van der Waals surface area (Å²) in [6.45, 7) is 7.81. The van der Waals surface area contributed by atoms with Gasteiger partial charge in [0.05, 0.1) is 39.6 Å². The van der Waals surface area contributed by atoms with Crippen LogP contribution >= 0.6 is 0 Å². The van der Waals surface area contributed by atoms with Crippen LogP contribution in [-0.4, -0.2) is 39.3 Å². The third kappa shape index (κ3) is 3.92. The fraction of sp³-hybridized carbons (Fsp3) is 0.409. The predicted molar refractivity (Wildman–Crippen MR) is 107 cm³/mol. The molecule has 0 bridgehead atoms. The molecule has 0 saturated heterocycles. The molecule has 2 aromatic rings. The molecule has 1 unspecified atom stereocenters. The van der Waals surface area contributed by atoms with Crippen molar-refractivity contribution in [2.45, 2.75) is 31.8 Å². The molecule has 3 rings (SSSR count). The van der Waals surface area contributed by atoms with E-state index in [9.17, 15) is 4.79 Å². The summed E-state index contributed by atoms with van der Waals surface area (Å²) in [5, 5.41) is 3.17. The minimum Gasteiger partial charge on any atom is -0.493 e. The maximum absolute atomic E-state index is 12.6. The van der Waals surface area contributed by atoms with E-state index >= 15 is 0 Å². The first-order valence-corrected chi connectivity index (χ1v) is 9.67. The van der Waals surface area contributed by atoms with Crippen LogP contribution in [0.25, 0.3) is 0 Å². The van der Waals surface area contributed by atoms with Gasteiger partial charge in [-0.1, -0.05) is 13.5 Å². The van der Waals surface area contributed by atoms with E-state index in [1.165, 1.54) is 22.3 Å². The lowest BCUT2D eigenvalue weighted by atomic mass is 9.86. The van der Waals surface area contributed by atoms with E-state index in [4.69, 9.17) is 13.9 Å². The van der Waals surface area contributed by atoms with Crippen molar-refractivity contribution in [3.8, 4) is 11.5 Å². The Kier molecular flexibility index (Phi) is 6.41. The molecule has 150 valence electrons. The van der Waals surface area contributed by atoms with Gasteiger partial charge in [0.15, 0.2) is 17.3 Å². The second kappa shape index (κ2) is 8.97. The molecule has 0 saturated carbocycles. The quantitative estimate of drug-likeness (QED) is 0.684. The number of nitrogens with one attached hydrogen (secondary N) is 2. The zero-order valence-electron chi connectivity index (χ0n) is 16.8. The maximum atomic E-state index is 12.6. The van der Waals surface area contributed by atoms with E-state index in [1.54, 1.807) is 26.4 Å². The minimum atomic E-state index is -0.192. The monoisotopic (exact) mass is 385 g/mol. The Morgan fingerprint density at radius 3 is 2.75 bits per heavy atom. The fourth-order valence-electron chi connectivity index (χ4n) is 4.10. The van der Waals surface area contributed by atoms with Crippen molar-refractivity contribution in [3.05, 3.63) is 60.1 Å². The van der Waals surface area contributed by atoms with Crippen LogP contribution in [0, 0.1) is 0 Å². The summed E-state index contributed by atoms with van der Waals surface area (Å²) in [5.41, 5.74) is 2.42. The first-order valence-electron chi connectivity index (χ1n) is 9.67. The first-order chi connectivity index (χ1) is 13.6. The molecule has 1 aromatic heterocycles. The molecule has 1 aliphatic rings. The van der Waals surface area contributed by atoms with Gasteiger partial charge in [-0.05, 0) is 42.3 Å². The van der Waals surface area contributed by atoms with Gasteiger partial charge >= 0.3 is 0 Å². The highest BCUT2D eigenvalue weighted by Crippen LogP contribution is 2.35. The molecule has 6 heteroatoms. The fourth-order valence-corrected chi connectivity index (χ4v) is 4.10. The molecule has 2 heterocycles. The SMILES string of the molecule is C=CC[NH+]1CCc2cc(OC)c(OC)cc2[C@H]1[C@@H](CC)NC(=O)c1ccco1. The number of amides is 1. The Labute approximate surface area is 166 Å². The highest BCUT2D eigenvalue weighted by atomic mass is 16.5. The number of hydrogen-bond acceptors (Lipinski definition) is 4. The largest absolute Gasteiger partial charge is 0.493 e. The molecule has 0 spiro atoms. The molecule has 0 aliphatic carbocycles.